The molecule has 0 fully saturated rings. The Bertz CT molecular complexity index is 596. The van der Waals surface area contributed by atoms with Crippen molar-refractivity contribution in [1.82, 2.24) is 4.90 Å². The van der Waals surface area contributed by atoms with Gasteiger partial charge >= 0.3 is 5.97 Å². The van der Waals surface area contributed by atoms with Crippen molar-refractivity contribution < 1.29 is 19.1 Å². The highest BCUT2D eigenvalue weighted by molar-refractivity contribution is 5.97. The maximum absolute atomic E-state index is 12.0. The molecule has 0 saturated heterocycles. The zero-order chi connectivity index (χ0) is 18.3. The summed E-state index contributed by atoms with van der Waals surface area (Å²) >= 11 is 0. The van der Waals surface area contributed by atoms with E-state index in [2.05, 4.69) is 17.9 Å². The van der Waals surface area contributed by atoms with E-state index in [4.69, 9.17) is 9.47 Å². The highest BCUT2D eigenvalue weighted by Gasteiger charge is 2.17. The van der Waals surface area contributed by atoms with Crippen LogP contribution in [0.3, 0.4) is 0 Å². The first-order valence-electron chi connectivity index (χ1n) is 8.20. The minimum atomic E-state index is -0.223. The van der Waals surface area contributed by atoms with Crippen LogP contribution in [0.15, 0.2) is 6.07 Å². The van der Waals surface area contributed by atoms with Crippen LogP contribution in [0.25, 0.3) is 0 Å². The van der Waals surface area contributed by atoms with Crippen LogP contribution in [0.2, 0.25) is 0 Å². The number of aryl methyl sites for hydroxylation is 2. The molecule has 0 radical (unpaired) electrons. The van der Waals surface area contributed by atoms with E-state index in [1.54, 1.807) is 14.0 Å². The maximum Gasteiger partial charge on any atom is 0.306 e. The van der Waals surface area contributed by atoms with Crippen LogP contribution in [-0.4, -0.2) is 50.6 Å². The summed E-state index contributed by atoms with van der Waals surface area (Å²) in [6.07, 6.45) is 0.337. The molecule has 1 aromatic rings. The first-order chi connectivity index (χ1) is 11.3. The Morgan fingerprint density at radius 2 is 1.75 bits per heavy atom. The molecule has 0 spiro atoms. The first kappa shape index (κ1) is 20.3. The second kappa shape index (κ2) is 9.55. The fraction of sp³-hybridized carbons (Fsp3) is 0.579. The van der Waals surface area contributed by atoms with E-state index in [0.29, 0.717) is 26.1 Å². The van der Waals surface area contributed by atoms with Gasteiger partial charge < -0.3 is 9.47 Å². The summed E-state index contributed by atoms with van der Waals surface area (Å²) in [5.74, 6) is -0.136. The van der Waals surface area contributed by atoms with Crippen LogP contribution >= 0.6 is 0 Å². The van der Waals surface area contributed by atoms with E-state index in [9.17, 15) is 9.59 Å². The van der Waals surface area contributed by atoms with Gasteiger partial charge in [0.1, 0.15) is 0 Å². The molecule has 0 saturated carbocycles. The SMILES string of the molecule is COCCN(CCC(=O)OC)Cc1c(C)cc(C)c(C(C)=O)c1C. The summed E-state index contributed by atoms with van der Waals surface area (Å²) in [4.78, 5) is 25.6. The van der Waals surface area contributed by atoms with Crippen LogP contribution in [0.4, 0.5) is 0 Å². The predicted octanol–water partition coefficient (Wildman–Crippen LogP) is 2.83. The summed E-state index contributed by atoms with van der Waals surface area (Å²) in [5, 5.41) is 0. The third kappa shape index (κ3) is 5.42. The molecule has 0 aliphatic heterocycles. The molecule has 0 unspecified atom stereocenters. The van der Waals surface area contributed by atoms with Crippen LogP contribution in [0.1, 0.15) is 46.0 Å². The Labute approximate surface area is 144 Å². The number of benzene rings is 1. The van der Waals surface area contributed by atoms with Gasteiger partial charge in [0.25, 0.3) is 0 Å². The van der Waals surface area contributed by atoms with E-state index in [1.165, 1.54) is 7.11 Å². The predicted molar refractivity (Wildman–Crippen MR) is 94.4 cm³/mol. The summed E-state index contributed by atoms with van der Waals surface area (Å²) in [6.45, 7) is 10.2. The molecule has 5 nitrogen and oxygen atoms in total. The van der Waals surface area contributed by atoms with Crippen molar-refractivity contribution in [3.05, 3.63) is 33.9 Å². The zero-order valence-corrected chi connectivity index (χ0v) is 15.7. The number of carbonyl (C=O) groups is 2. The van der Waals surface area contributed by atoms with Gasteiger partial charge in [-0.05, 0) is 49.9 Å². The summed E-state index contributed by atoms with van der Waals surface area (Å²) in [7, 11) is 3.06. The van der Waals surface area contributed by atoms with Gasteiger partial charge in [0, 0.05) is 32.3 Å². The molecule has 0 aliphatic rings. The standard InChI is InChI=1S/C19H29NO4/c1-13-11-14(2)19(16(4)21)15(3)17(13)12-20(9-10-23-5)8-7-18(22)24-6/h11H,7-10,12H2,1-6H3. The lowest BCUT2D eigenvalue weighted by atomic mass is 9.91. The topological polar surface area (TPSA) is 55.8 Å². The molecule has 24 heavy (non-hydrogen) atoms. The molecule has 1 aromatic carbocycles. The van der Waals surface area contributed by atoms with Crippen LogP contribution in [-0.2, 0) is 20.8 Å². The van der Waals surface area contributed by atoms with Gasteiger partial charge in [-0.15, -0.1) is 0 Å². The molecule has 0 N–H and O–H groups in total. The summed E-state index contributed by atoms with van der Waals surface area (Å²) < 4.78 is 9.90. The average Bonchev–Trinajstić information content (AvgIpc) is 2.52. The Morgan fingerprint density at radius 1 is 1.08 bits per heavy atom. The van der Waals surface area contributed by atoms with E-state index >= 15 is 0 Å². The van der Waals surface area contributed by atoms with Gasteiger partial charge in [0.15, 0.2) is 5.78 Å². The third-order valence-electron chi connectivity index (χ3n) is 4.34. The van der Waals surface area contributed by atoms with Gasteiger partial charge in [0.05, 0.1) is 20.1 Å². The van der Waals surface area contributed by atoms with Gasteiger partial charge in [0.2, 0.25) is 0 Å². The number of esters is 1. The molecule has 0 aromatic heterocycles. The number of ether oxygens (including phenoxy) is 2. The molecule has 0 amide bonds. The van der Waals surface area contributed by atoms with Crippen LogP contribution in [0, 0.1) is 20.8 Å². The summed E-state index contributed by atoms with van der Waals surface area (Å²) in [5.41, 5.74) is 5.15. The minimum Gasteiger partial charge on any atom is -0.469 e. The zero-order valence-electron chi connectivity index (χ0n) is 15.7. The molecule has 5 heteroatoms. The molecule has 0 heterocycles. The van der Waals surface area contributed by atoms with Crippen molar-refractivity contribution in [1.29, 1.82) is 0 Å². The van der Waals surface area contributed by atoms with Gasteiger partial charge in [-0.2, -0.15) is 0 Å². The lowest BCUT2D eigenvalue weighted by Gasteiger charge is -2.25. The lowest BCUT2D eigenvalue weighted by Crippen LogP contribution is -2.30. The number of hydrogen-bond acceptors (Lipinski definition) is 5. The van der Waals surface area contributed by atoms with Gasteiger partial charge in [-0.1, -0.05) is 6.07 Å². The molecular formula is C19H29NO4. The molecule has 1 rings (SSSR count). The second-order valence-electron chi connectivity index (χ2n) is 6.14. The highest BCUT2D eigenvalue weighted by Crippen LogP contribution is 2.24. The normalized spacial score (nSPS) is 11.0. The number of Topliss-reactive ketones (excluding diaryl/α,β-unsaturated/α-hetero) is 1. The number of hydrogen-bond donors (Lipinski definition) is 0. The molecule has 0 atom stereocenters. The minimum absolute atomic E-state index is 0.0873. The second-order valence-corrected chi connectivity index (χ2v) is 6.14. The Morgan fingerprint density at radius 3 is 2.29 bits per heavy atom. The first-order valence-corrected chi connectivity index (χ1v) is 8.20. The maximum atomic E-state index is 12.0. The smallest absolute Gasteiger partial charge is 0.306 e. The molecular weight excluding hydrogens is 306 g/mol. The number of rotatable bonds is 9. The Hall–Kier alpha value is -1.72. The third-order valence-corrected chi connectivity index (χ3v) is 4.34. The van der Waals surface area contributed by atoms with E-state index < -0.39 is 0 Å². The fourth-order valence-electron chi connectivity index (χ4n) is 3.08. The largest absolute Gasteiger partial charge is 0.469 e. The van der Waals surface area contributed by atoms with Crippen LogP contribution < -0.4 is 0 Å². The average molecular weight is 335 g/mol. The Kier molecular flexibility index (Phi) is 8.08. The Balaban J connectivity index is 3.05. The van der Waals surface area contributed by atoms with Crippen molar-refractivity contribution in [3.8, 4) is 0 Å². The fourth-order valence-corrected chi connectivity index (χ4v) is 3.08. The van der Waals surface area contributed by atoms with Crippen LogP contribution in [0.5, 0.6) is 0 Å². The molecule has 134 valence electrons. The highest BCUT2D eigenvalue weighted by atomic mass is 16.5. The summed E-state index contributed by atoms with van der Waals surface area (Å²) in [6, 6.07) is 2.06. The number of carbonyl (C=O) groups excluding carboxylic acids is 2. The van der Waals surface area contributed by atoms with Crippen molar-refractivity contribution in [3.63, 3.8) is 0 Å². The lowest BCUT2D eigenvalue weighted by molar-refractivity contribution is -0.141. The van der Waals surface area contributed by atoms with E-state index in [1.807, 2.05) is 13.8 Å². The van der Waals surface area contributed by atoms with Crippen molar-refractivity contribution in [2.24, 2.45) is 0 Å². The van der Waals surface area contributed by atoms with Gasteiger partial charge in [-0.3, -0.25) is 14.5 Å². The monoisotopic (exact) mass is 335 g/mol. The molecule has 0 aliphatic carbocycles. The van der Waals surface area contributed by atoms with Crippen molar-refractivity contribution >= 4 is 11.8 Å². The number of ketones is 1. The molecule has 0 bridgehead atoms. The number of nitrogens with zero attached hydrogens (tertiary/aromatic N) is 1. The quantitative estimate of drug-likeness (QED) is 0.513. The number of methoxy groups -OCH3 is 2. The van der Waals surface area contributed by atoms with Gasteiger partial charge in [-0.25, -0.2) is 0 Å². The van der Waals surface area contributed by atoms with Crippen molar-refractivity contribution in [2.75, 3.05) is 33.9 Å². The van der Waals surface area contributed by atoms with E-state index in [0.717, 1.165) is 34.4 Å². The van der Waals surface area contributed by atoms with E-state index in [-0.39, 0.29) is 11.8 Å². The van der Waals surface area contributed by atoms with Crippen molar-refractivity contribution in [2.45, 2.75) is 40.7 Å².